The average molecular weight is 306 g/mol. The van der Waals surface area contributed by atoms with Gasteiger partial charge in [0.1, 0.15) is 6.04 Å². The van der Waals surface area contributed by atoms with Gasteiger partial charge in [0.2, 0.25) is 5.91 Å². The van der Waals surface area contributed by atoms with E-state index >= 15 is 0 Å². The van der Waals surface area contributed by atoms with Crippen molar-refractivity contribution >= 4 is 12.0 Å². The minimum Gasteiger partial charge on any atom is -0.465 e. The van der Waals surface area contributed by atoms with Crippen molar-refractivity contribution < 1.29 is 14.7 Å². The third-order valence-electron chi connectivity index (χ3n) is 3.42. The van der Waals surface area contributed by atoms with Gasteiger partial charge in [-0.05, 0) is 32.3 Å². The van der Waals surface area contributed by atoms with E-state index in [1.807, 2.05) is 44.2 Å². The predicted molar refractivity (Wildman–Crippen MR) is 86.5 cm³/mol. The van der Waals surface area contributed by atoms with Crippen molar-refractivity contribution in [3.63, 3.8) is 0 Å². The second kappa shape index (κ2) is 7.29. The highest BCUT2D eigenvalue weighted by molar-refractivity contribution is 5.85. The summed E-state index contributed by atoms with van der Waals surface area (Å²) in [4.78, 5) is 25.4. The van der Waals surface area contributed by atoms with Crippen LogP contribution in [-0.4, -0.2) is 33.6 Å². The van der Waals surface area contributed by atoms with Gasteiger partial charge in [-0.25, -0.2) is 4.79 Å². The molecule has 2 N–H and O–H groups in total. The summed E-state index contributed by atoms with van der Waals surface area (Å²) < 4.78 is 0. The van der Waals surface area contributed by atoms with Crippen LogP contribution in [0.15, 0.2) is 30.3 Å². The van der Waals surface area contributed by atoms with Gasteiger partial charge in [-0.1, -0.05) is 44.2 Å². The van der Waals surface area contributed by atoms with Gasteiger partial charge >= 0.3 is 6.09 Å². The van der Waals surface area contributed by atoms with Crippen LogP contribution in [0.5, 0.6) is 0 Å². The first-order chi connectivity index (χ1) is 10.1. The Hall–Kier alpha value is -2.04. The Balaban J connectivity index is 2.89. The van der Waals surface area contributed by atoms with Crippen LogP contribution in [-0.2, 0) is 11.3 Å². The smallest absolute Gasteiger partial charge is 0.408 e. The molecule has 0 aliphatic heterocycles. The fraction of sp³-hybridized carbons (Fsp3) is 0.529. The third kappa shape index (κ3) is 4.76. The fourth-order valence-corrected chi connectivity index (χ4v) is 2.43. The normalized spacial score (nSPS) is 12.8. The largest absolute Gasteiger partial charge is 0.465 e. The first-order valence-corrected chi connectivity index (χ1v) is 7.48. The molecule has 0 radical (unpaired) electrons. The number of amides is 2. The molecule has 5 heteroatoms. The topological polar surface area (TPSA) is 69.6 Å². The first-order valence-electron chi connectivity index (χ1n) is 7.48. The lowest BCUT2D eigenvalue weighted by Gasteiger charge is -2.40. The number of nitrogens with zero attached hydrogens (tertiary/aromatic N) is 1. The molecule has 0 aliphatic carbocycles. The first kappa shape index (κ1) is 18.0. The van der Waals surface area contributed by atoms with Gasteiger partial charge in [-0.3, -0.25) is 9.69 Å². The van der Waals surface area contributed by atoms with Crippen molar-refractivity contribution in [1.29, 1.82) is 0 Å². The zero-order chi connectivity index (χ0) is 16.9. The molecule has 1 rings (SSSR count). The molecule has 1 aromatic rings. The molecule has 0 fully saturated rings. The number of carbonyl (C=O) groups is 2. The summed E-state index contributed by atoms with van der Waals surface area (Å²) in [7, 11) is 0. The molecule has 1 atom stereocenters. The van der Waals surface area contributed by atoms with Crippen LogP contribution in [0, 0.1) is 5.92 Å². The van der Waals surface area contributed by atoms with Crippen LogP contribution >= 0.6 is 0 Å². The number of hydrogen-bond acceptors (Lipinski definition) is 2. The molecule has 0 heterocycles. The fourth-order valence-electron chi connectivity index (χ4n) is 2.43. The van der Waals surface area contributed by atoms with Crippen LogP contribution in [0.1, 0.15) is 40.2 Å². The molecule has 22 heavy (non-hydrogen) atoms. The van der Waals surface area contributed by atoms with Gasteiger partial charge in [-0.2, -0.15) is 0 Å². The summed E-state index contributed by atoms with van der Waals surface area (Å²) >= 11 is 0. The maximum atomic E-state index is 12.5. The van der Waals surface area contributed by atoms with E-state index in [0.29, 0.717) is 6.54 Å². The van der Waals surface area contributed by atoms with Crippen LogP contribution in [0.25, 0.3) is 0 Å². The summed E-state index contributed by atoms with van der Waals surface area (Å²) in [6.45, 7) is 9.48. The minimum absolute atomic E-state index is 0.119. The van der Waals surface area contributed by atoms with E-state index in [0.717, 1.165) is 5.56 Å². The van der Waals surface area contributed by atoms with E-state index in [9.17, 15) is 14.7 Å². The van der Waals surface area contributed by atoms with E-state index in [2.05, 4.69) is 5.32 Å². The highest BCUT2D eigenvalue weighted by atomic mass is 16.4. The minimum atomic E-state index is -1.08. The van der Waals surface area contributed by atoms with Gasteiger partial charge in [0.25, 0.3) is 0 Å². The summed E-state index contributed by atoms with van der Waals surface area (Å²) in [5, 5.41) is 12.4. The average Bonchev–Trinajstić information content (AvgIpc) is 2.41. The monoisotopic (exact) mass is 306 g/mol. The SMILES string of the molecule is CC(C)[C@@H](C(=O)NCc1ccccc1)N(C(=O)O)C(C)(C)C. The summed E-state index contributed by atoms with van der Waals surface area (Å²) in [6.07, 6.45) is -1.08. The van der Waals surface area contributed by atoms with Crippen LogP contribution in [0.3, 0.4) is 0 Å². The Kier molecular flexibility index (Phi) is 5.97. The Morgan fingerprint density at radius 3 is 2.14 bits per heavy atom. The maximum absolute atomic E-state index is 12.5. The third-order valence-corrected chi connectivity index (χ3v) is 3.42. The molecule has 0 saturated carbocycles. The van der Waals surface area contributed by atoms with E-state index in [1.54, 1.807) is 20.8 Å². The van der Waals surface area contributed by atoms with Crippen molar-refractivity contribution in [2.45, 2.75) is 52.7 Å². The van der Waals surface area contributed by atoms with E-state index < -0.39 is 17.7 Å². The summed E-state index contributed by atoms with van der Waals surface area (Å²) in [5.41, 5.74) is 0.334. The van der Waals surface area contributed by atoms with Crippen molar-refractivity contribution in [3.05, 3.63) is 35.9 Å². The van der Waals surface area contributed by atoms with Crippen molar-refractivity contribution in [3.8, 4) is 0 Å². The highest BCUT2D eigenvalue weighted by Crippen LogP contribution is 2.22. The molecular weight excluding hydrogens is 280 g/mol. The van der Waals surface area contributed by atoms with Gasteiger partial charge in [0.05, 0.1) is 0 Å². The molecular formula is C17H26N2O3. The van der Waals surface area contributed by atoms with E-state index in [4.69, 9.17) is 0 Å². The number of rotatable bonds is 5. The molecule has 0 aromatic heterocycles. The molecule has 1 aromatic carbocycles. The van der Waals surface area contributed by atoms with Crippen LogP contribution < -0.4 is 5.32 Å². The van der Waals surface area contributed by atoms with E-state index in [-0.39, 0.29) is 11.8 Å². The molecule has 0 aliphatic rings. The van der Waals surface area contributed by atoms with Gasteiger partial charge in [-0.15, -0.1) is 0 Å². The predicted octanol–water partition coefficient (Wildman–Crippen LogP) is 3.11. The number of benzene rings is 1. The van der Waals surface area contributed by atoms with E-state index in [1.165, 1.54) is 4.90 Å². The van der Waals surface area contributed by atoms with Crippen LogP contribution in [0.2, 0.25) is 0 Å². The van der Waals surface area contributed by atoms with Crippen LogP contribution in [0.4, 0.5) is 4.79 Å². The lowest BCUT2D eigenvalue weighted by atomic mass is 9.95. The zero-order valence-corrected chi connectivity index (χ0v) is 14.0. The number of nitrogens with one attached hydrogen (secondary N) is 1. The second-order valence-electron chi connectivity index (χ2n) is 6.72. The Labute approximate surface area is 132 Å². The highest BCUT2D eigenvalue weighted by Gasteiger charge is 2.39. The second-order valence-corrected chi connectivity index (χ2v) is 6.72. The van der Waals surface area contributed by atoms with Gasteiger partial charge in [0.15, 0.2) is 0 Å². The van der Waals surface area contributed by atoms with Crippen molar-refractivity contribution in [2.24, 2.45) is 5.92 Å². The lowest BCUT2D eigenvalue weighted by Crippen LogP contribution is -2.58. The quantitative estimate of drug-likeness (QED) is 0.878. The van der Waals surface area contributed by atoms with Gasteiger partial charge < -0.3 is 10.4 Å². The van der Waals surface area contributed by atoms with Gasteiger partial charge in [0, 0.05) is 12.1 Å². The molecule has 0 saturated heterocycles. The molecule has 2 amide bonds. The molecule has 0 spiro atoms. The van der Waals surface area contributed by atoms with Crippen molar-refractivity contribution in [1.82, 2.24) is 10.2 Å². The number of carboxylic acid groups (broad SMARTS) is 1. The Morgan fingerprint density at radius 2 is 1.73 bits per heavy atom. The zero-order valence-electron chi connectivity index (χ0n) is 14.0. The molecule has 5 nitrogen and oxygen atoms in total. The number of hydrogen-bond donors (Lipinski definition) is 2. The molecule has 122 valence electrons. The number of carbonyl (C=O) groups excluding carboxylic acids is 1. The Morgan fingerprint density at radius 1 is 1.18 bits per heavy atom. The standard InChI is InChI=1S/C17H26N2O3/c1-12(2)14(19(16(21)22)17(3,4)5)15(20)18-11-13-9-7-6-8-10-13/h6-10,12,14H,11H2,1-5H3,(H,18,20)(H,21,22)/t14-/m0/s1. The Bertz CT molecular complexity index is 506. The molecule has 0 bridgehead atoms. The maximum Gasteiger partial charge on any atom is 0.408 e. The van der Waals surface area contributed by atoms with Crippen molar-refractivity contribution in [2.75, 3.05) is 0 Å². The summed E-state index contributed by atoms with van der Waals surface area (Å²) in [5.74, 6) is -0.387. The molecule has 0 unspecified atom stereocenters. The summed E-state index contributed by atoms with van der Waals surface area (Å²) in [6, 6.07) is 8.84. The lowest BCUT2D eigenvalue weighted by molar-refractivity contribution is -0.129.